The molecular formula is C8H15N. The van der Waals surface area contributed by atoms with Crippen LogP contribution >= 0.6 is 0 Å². The van der Waals surface area contributed by atoms with Crippen LogP contribution in [0.15, 0.2) is 0 Å². The Kier molecular flexibility index (Phi) is 1.26. The minimum atomic E-state index is 0.567. The van der Waals surface area contributed by atoms with Crippen LogP contribution in [0.3, 0.4) is 0 Å². The zero-order valence-electron chi connectivity index (χ0n) is 5.84. The molecule has 0 bridgehead atoms. The lowest BCUT2D eigenvalue weighted by atomic mass is 9.63. The largest absolute Gasteiger partial charge is 0.327 e. The van der Waals surface area contributed by atoms with E-state index in [-0.39, 0.29) is 0 Å². The fourth-order valence-corrected chi connectivity index (χ4v) is 2.35. The molecule has 0 aromatic carbocycles. The smallest absolute Gasteiger partial charge is 0.00698 e. The molecule has 0 saturated heterocycles. The molecule has 2 fully saturated rings. The summed E-state index contributed by atoms with van der Waals surface area (Å²) < 4.78 is 0. The molecule has 0 spiro atoms. The van der Waals surface area contributed by atoms with E-state index >= 15 is 0 Å². The Morgan fingerprint density at radius 3 is 2.33 bits per heavy atom. The molecule has 2 saturated carbocycles. The van der Waals surface area contributed by atoms with Gasteiger partial charge in [0.1, 0.15) is 0 Å². The maximum Gasteiger partial charge on any atom is 0.00698 e. The van der Waals surface area contributed by atoms with Gasteiger partial charge in [-0.15, -0.1) is 0 Å². The van der Waals surface area contributed by atoms with Crippen molar-refractivity contribution in [1.29, 1.82) is 0 Å². The summed E-state index contributed by atoms with van der Waals surface area (Å²) in [6.07, 6.45) is 7.05. The average Bonchev–Trinajstić information content (AvgIpc) is 1.74. The van der Waals surface area contributed by atoms with E-state index in [1.54, 1.807) is 0 Å². The fraction of sp³-hybridized carbons (Fsp3) is 1.00. The highest BCUT2D eigenvalue weighted by Crippen LogP contribution is 2.43. The maximum atomic E-state index is 5.92. The number of hydrogen-bond acceptors (Lipinski definition) is 1. The van der Waals surface area contributed by atoms with E-state index in [9.17, 15) is 0 Å². The molecule has 3 unspecified atom stereocenters. The quantitative estimate of drug-likeness (QED) is 0.522. The van der Waals surface area contributed by atoms with Gasteiger partial charge in [-0.3, -0.25) is 0 Å². The van der Waals surface area contributed by atoms with E-state index in [2.05, 4.69) is 0 Å². The molecule has 2 aliphatic rings. The van der Waals surface area contributed by atoms with Gasteiger partial charge < -0.3 is 5.73 Å². The Hall–Kier alpha value is -0.0400. The van der Waals surface area contributed by atoms with Gasteiger partial charge in [-0.25, -0.2) is 0 Å². The van der Waals surface area contributed by atoms with E-state index < -0.39 is 0 Å². The van der Waals surface area contributed by atoms with Gasteiger partial charge >= 0.3 is 0 Å². The van der Waals surface area contributed by atoms with Crippen molar-refractivity contribution in [2.24, 2.45) is 17.6 Å². The van der Waals surface area contributed by atoms with Crippen LogP contribution in [0.2, 0.25) is 0 Å². The summed E-state index contributed by atoms with van der Waals surface area (Å²) in [6, 6.07) is 0.567. The highest BCUT2D eigenvalue weighted by atomic mass is 14.7. The Bertz CT molecular complexity index is 105. The van der Waals surface area contributed by atoms with E-state index in [1.807, 2.05) is 0 Å². The number of hydrogen-bond donors (Lipinski definition) is 1. The van der Waals surface area contributed by atoms with Crippen molar-refractivity contribution in [1.82, 2.24) is 0 Å². The van der Waals surface area contributed by atoms with Crippen LogP contribution < -0.4 is 5.73 Å². The van der Waals surface area contributed by atoms with E-state index in [0.29, 0.717) is 6.04 Å². The SMILES string of the molecule is NC1CCCC2CCC12. The van der Waals surface area contributed by atoms with E-state index in [4.69, 9.17) is 5.73 Å². The van der Waals surface area contributed by atoms with Crippen LogP contribution in [0.1, 0.15) is 32.1 Å². The van der Waals surface area contributed by atoms with Crippen LogP contribution in [0, 0.1) is 11.8 Å². The second-order valence-corrected chi connectivity index (χ2v) is 3.60. The predicted octanol–water partition coefficient (Wildman–Crippen LogP) is 1.52. The standard InChI is InChI=1S/C8H15N/c9-8-3-1-2-6-4-5-7(6)8/h6-8H,1-5,9H2. The van der Waals surface area contributed by atoms with E-state index in [0.717, 1.165) is 11.8 Å². The van der Waals surface area contributed by atoms with Gasteiger partial charge in [-0.2, -0.15) is 0 Å². The molecule has 0 heterocycles. The second kappa shape index (κ2) is 1.98. The van der Waals surface area contributed by atoms with Crippen molar-refractivity contribution in [2.45, 2.75) is 38.1 Å². The molecule has 1 heteroatoms. The Morgan fingerprint density at radius 1 is 1.00 bits per heavy atom. The first-order valence-corrected chi connectivity index (χ1v) is 4.13. The summed E-state index contributed by atoms with van der Waals surface area (Å²) in [5.74, 6) is 1.97. The van der Waals surface area contributed by atoms with Crippen molar-refractivity contribution < 1.29 is 0 Å². The van der Waals surface area contributed by atoms with E-state index in [1.165, 1.54) is 32.1 Å². The minimum absolute atomic E-state index is 0.567. The average molecular weight is 125 g/mol. The van der Waals surface area contributed by atoms with Gasteiger partial charge in [0, 0.05) is 6.04 Å². The first-order valence-electron chi connectivity index (χ1n) is 4.13. The molecule has 1 nitrogen and oxygen atoms in total. The minimum Gasteiger partial charge on any atom is -0.327 e. The summed E-state index contributed by atoms with van der Waals surface area (Å²) in [5, 5.41) is 0. The first kappa shape index (κ1) is 5.72. The molecule has 0 aromatic heterocycles. The molecule has 2 N–H and O–H groups in total. The normalized spacial score (nSPS) is 49.7. The molecule has 2 aliphatic carbocycles. The zero-order chi connectivity index (χ0) is 6.27. The maximum absolute atomic E-state index is 5.92. The lowest BCUT2D eigenvalue weighted by Crippen LogP contribution is -2.44. The van der Waals surface area contributed by atoms with Crippen molar-refractivity contribution in [3.05, 3.63) is 0 Å². The molecule has 2 rings (SSSR count). The van der Waals surface area contributed by atoms with Gasteiger partial charge in [0.2, 0.25) is 0 Å². The molecule has 52 valence electrons. The van der Waals surface area contributed by atoms with Crippen LogP contribution in [0.4, 0.5) is 0 Å². The zero-order valence-corrected chi connectivity index (χ0v) is 5.84. The summed E-state index contributed by atoms with van der Waals surface area (Å²) in [4.78, 5) is 0. The van der Waals surface area contributed by atoms with Crippen LogP contribution in [0.5, 0.6) is 0 Å². The molecule has 0 amide bonds. The lowest BCUT2D eigenvalue weighted by Gasteiger charge is -2.44. The third-order valence-corrected chi connectivity index (χ3v) is 3.14. The van der Waals surface area contributed by atoms with Gasteiger partial charge in [-0.05, 0) is 31.1 Å². The predicted molar refractivity (Wildman–Crippen MR) is 38.0 cm³/mol. The van der Waals surface area contributed by atoms with Crippen molar-refractivity contribution in [3.8, 4) is 0 Å². The molecule has 0 aliphatic heterocycles. The summed E-state index contributed by atoms with van der Waals surface area (Å²) in [5.41, 5.74) is 5.92. The Morgan fingerprint density at radius 2 is 1.89 bits per heavy atom. The molecule has 0 radical (unpaired) electrons. The fourth-order valence-electron chi connectivity index (χ4n) is 2.35. The molecule has 3 atom stereocenters. The van der Waals surface area contributed by atoms with Crippen LogP contribution in [-0.2, 0) is 0 Å². The number of fused-ring (bicyclic) bond motifs is 1. The van der Waals surface area contributed by atoms with Gasteiger partial charge in [0.15, 0.2) is 0 Å². The van der Waals surface area contributed by atoms with Crippen molar-refractivity contribution in [3.63, 3.8) is 0 Å². The molecular weight excluding hydrogens is 110 g/mol. The highest BCUT2D eigenvalue weighted by molar-refractivity contribution is 4.91. The monoisotopic (exact) mass is 125 g/mol. The van der Waals surface area contributed by atoms with Crippen molar-refractivity contribution >= 4 is 0 Å². The highest BCUT2D eigenvalue weighted by Gasteiger charge is 2.37. The summed E-state index contributed by atoms with van der Waals surface area (Å²) >= 11 is 0. The topological polar surface area (TPSA) is 26.0 Å². The van der Waals surface area contributed by atoms with Gasteiger partial charge in [-0.1, -0.05) is 12.8 Å². The lowest BCUT2D eigenvalue weighted by molar-refractivity contribution is 0.0927. The van der Waals surface area contributed by atoms with Gasteiger partial charge in [0.05, 0.1) is 0 Å². The summed E-state index contributed by atoms with van der Waals surface area (Å²) in [7, 11) is 0. The van der Waals surface area contributed by atoms with Crippen LogP contribution in [-0.4, -0.2) is 6.04 Å². The third-order valence-electron chi connectivity index (χ3n) is 3.14. The Balaban J connectivity index is 1.98. The second-order valence-electron chi connectivity index (χ2n) is 3.60. The number of nitrogens with two attached hydrogens (primary N) is 1. The molecule has 9 heavy (non-hydrogen) atoms. The van der Waals surface area contributed by atoms with Gasteiger partial charge in [0.25, 0.3) is 0 Å². The first-order chi connectivity index (χ1) is 4.38. The van der Waals surface area contributed by atoms with Crippen molar-refractivity contribution in [2.75, 3.05) is 0 Å². The third kappa shape index (κ3) is 0.787. The Labute approximate surface area is 56.6 Å². The number of rotatable bonds is 0. The van der Waals surface area contributed by atoms with Crippen LogP contribution in [0.25, 0.3) is 0 Å². The molecule has 0 aromatic rings. The summed E-state index contributed by atoms with van der Waals surface area (Å²) in [6.45, 7) is 0.